The first-order valence-corrected chi connectivity index (χ1v) is 33.6. The van der Waals surface area contributed by atoms with Gasteiger partial charge in [-0.05, 0) is 179 Å². The van der Waals surface area contributed by atoms with Crippen molar-refractivity contribution < 1.29 is 105 Å². The zero-order valence-corrected chi connectivity index (χ0v) is 61.9. The number of carbonyl (C=O) groups is 5. The van der Waals surface area contributed by atoms with Gasteiger partial charge in [-0.2, -0.15) is 66.2 Å². The average Bonchev–Trinajstić information content (AvgIpc) is 1.79. The Hall–Kier alpha value is -12.7. The third-order valence-electron chi connectivity index (χ3n) is 14.1. The van der Waals surface area contributed by atoms with Crippen molar-refractivity contribution in [3.8, 4) is 22.9 Å². The summed E-state index contributed by atoms with van der Waals surface area (Å²) in [6.07, 6.45) is -17.6. The van der Waals surface area contributed by atoms with Gasteiger partial charge in [0.05, 0.1) is 100 Å². The van der Waals surface area contributed by atoms with E-state index in [1.807, 2.05) is 5.43 Å². The van der Waals surface area contributed by atoms with Gasteiger partial charge in [-0.25, -0.2) is 5.84 Å². The van der Waals surface area contributed by atoms with Gasteiger partial charge in [-0.1, -0.05) is 95.9 Å². The number of nitrogens with one attached hydrogen (secondary N) is 10. The molecular formula is C78H94F12N16O11S2. The van der Waals surface area contributed by atoms with Crippen LogP contribution in [-0.4, -0.2) is 113 Å². The molecule has 10 aromatic rings. The van der Waals surface area contributed by atoms with Crippen LogP contribution in [0.15, 0.2) is 203 Å². The molecule has 119 heavy (non-hydrogen) atoms. The summed E-state index contributed by atoms with van der Waals surface area (Å²) >= 11 is 4.95. The van der Waals surface area contributed by atoms with E-state index in [4.69, 9.17) is 47.2 Å². The summed E-state index contributed by atoms with van der Waals surface area (Å²) in [5.74, 6) is 3.14. The van der Waals surface area contributed by atoms with Crippen molar-refractivity contribution in [2.45, 2.75) is 82.6 Å². The summed E-state index contributed by atoms with van der Waals surface area (Å²) in [5, 5.41) is 44.2. The molecule has 0 saturated heterocycles. The molecule has 2 heterocycles. The molecule has 0 saturated carbocycles. The lowest BCUT2D eigenvalue weighted by atomic mass is 10.1. The number of nitrogen functional groups attached to an aromatic ring is 1. The number of aliphatic hydroxyl groups excluding tert-OH is 1. The molecule has 0 aliphatic heterocycles. The number of esters is 3. The smallest absolute Gasteiger partial charge is 0.416 e. The predicted octanol–water partition coefficient (Wildman–Crippen LogP) is 17.4. The molecule has 8 aromatic carbocycles. The van der Waals surface area contributed by atoms with E-state index in [0.29, 0.717) is 68.8 Å². The molecule has 27 nitrogen and oxygen atoms in total. The summed E-state index contributed by atoms with van der Waals surface area (Å²) in [4.78, 5) is 56.7. The van der Waals surface area contributed by atoms with Gasteiger partial charge in [0, 0.05) is 29.3 Å². The normalized spacial score (nSPS) is 10.3. The number of rotatable bonds is 24. The number of nitrogens with zero attached hydrogens (tertiary/aromatic N) is 4. The Morgan fingerprint density at radius 2 is 0.731 bits per heavy atom. The molecule has 10 rings (SSSR count). The number of aromatic nitrogens is 4. The number of carbonyl (C=O) groups excluding carboxylic acids is 5. The van der Waals surface area contributed by atoms with E-state index in [1.54, 1.807) is 112 Å². The SMILES string of the molecule is C.C.C.C.C.CCOC(=O)CN.CCOC(=O)CNC(=S)NNC(=O)c1ccccc1Nc1ccc(C(F)(F)F)cc1.CCOC(=O)CNc1nnc(-c2ccccc2Nc2ccc(C(F)(F)F)cc2)o1.NNC(=O)c1ccccc1Nc1ccc(C(F)(F)F)cc1.OCCNc1nnc(-c2ccccc2Nc2ccc(C(F)(F)F)cc2)o1.S. The van der Waals surface area contributed by atoms with Crippen LogP contribution in [0.3, 0.4) is 0 Å². The summed E-state index contributed by atoms with van der Waals surface area (Å²) < 4.78 is 177. The second-order valence-electron chi connectivity index (χ2n) is 22.2. The number of hydrogen-bond donors (Lipinski definition) is 13. The van der Waals surface area contributed by atoms with Gasteiger partial charge in [-0.15, -0.1) is 10.2 Å². The number of alkyl halides is 12. The number of hydrogen-bond acceptors (Lipinski definition) is 24. The Morgan fingerprint density at radius 3 is 1.06 bits per heavy atom. The maximum absolute atomic E-state index is 12.7. The van der Waals surface area contributed by atoms with Crippen molar-refractivity contribution in [1.29, 1.82) is 0 Å². The number of aliphatic hydroxyl groups is 1. The number of para-hydroxylation sites is 4. The Kier molecular flexibility index (Phi) is 46.5. The number of benzene rings is 8. The number of thiocarbonyl (C=S) groups is 1. The quantitative estimate of drug-likeness (QED) is 0.00508. The fourth-order valence-electron chi connectivity index (χ4n) is 8.95. The second-order valence-corrected chi connectivity index (χ2v) is 22.6. The van der Waals surface area contributed by atoms with Crippen molar-refractivity contribution in [2.24, 2.45) is 11.6 Å². The predicted molar refractivity (Wildman–Crippen MR) is 441 cm³/mol. The fraction of sp³-hybridized carbons (Fsp3) is 0.256. The maximum atomic E-state index is 12.7. The van der Waals surface area contributed by atoms with Crippen LogP contribution in [0.1, 0.15) is 101 Å². The van der Waals surface area contributed by atoms with Gasteiger partial charge in [0.25, 0.3) is 23.6 Å². The lowest BCUT2D eigenvalue weighted by molar-refractivity contribution is -0.142. The number of nitrogens with two attached hydrogens (primary N) is 2. The number of hydrazine groups is 2. The molecule has 0 spiro atoms. The molecule has 0 fully saturated rings. The fourth-order valence-corrected chi connectivity index (χ4v) is 9.07. The summed E-state index contributed by atoms with van der Waals surface area (Å²) in [7, 11) is 0. The van der Waals surface area contributed by atoms with Crippen LogP contribution in [-0.2, 0) is 53.3 Å². The van der Waals surface area contributed by atoms with Gasteiger partial charge >= 0.3 is 54.6 Å². The van der Waals surface area contributed by atoms with Crippen LogP contribution >= 0.6 is 25.7 Å². The van der Waals surface area contributed by atoms with Crippen molar-refractivity contribution in [1.82, 2.24) is 42.0 Å². The van der Waals surface area contributed by atoms with E-state index in [2.05, 4.69) is 73.2 Å². The first-order chi connectivity index (χ1) is 53.8. The van der Waals surface area contributed by atoms with Gasteiger partial charge in [0.15, 0.2) is 5.11 Å². The Balaban J connectivity index is 0.00000150. The van der Waals surface area contributed by atoms with E-state index in [1.165, 1.54) is 54.6 Å². The van der Waals surface area contributed by atoms with Crippen LogP contribution in [0.2, 0.25) is 0 Å². The third kappa shape index (κ3) is 35.7. The molecule has 0 radical (unpaired) electrons. The minimum Gasteiger partial charge on any atom is -0.465 e. The lowest BCUT2D eigenvalue weighted by Gasteiger charge is -2.14. The summed E-state index contributed by atoms with van der Waals surface area (Å²) in [5.41, 5.74) is 14.2. The average molecular weight is 1720 g/mol. The zero-order valence-electron chi connectivity index (χ0n) is 60.0. The maximum Gasteiger partial charge on any atom is 0.416 e. The van der Waals surface area contributed by atoms with Gasteiger partial charge < -0.3 is 71.1 Å². The van der Waals surface area contributed by atoms with Crippen molar-refractivity contribution in [2.75, 3.05) is 84.5 Å². The van der Waals surface area contributed by atoms with Crippen molar-refractivity contribution in [3.05, 3.63) is 228 Å². The molecule has 2 amide bonds. The number of anilines is 10. The van der Waals surface area contributed by atoms with Crippen molar-refractivity contribution >= 4 is 118 Å². The summed E-state index contributed by atoms with van der Waals surface area (Å²) in [6.45, 7) is 5.91. The molecule has 0 bridgehead atoms. The van der Waals surface area contributed by atoms with E-state index >= 15 is 0 Å². The minimum atomic E-state index is -4.43. The van der Waals surface area contributed by atoms with Gasteiger partial charge in [0.2, 0.25) is 0 Å². The van der Waals surface area contributed by atoms with Gasteiger partial charge in [-0.3, -0.25) is 40.3 Å². The molecule has 2 aromatic heterocycles. The van der Waals surface area contributed by atoms with E-state index in [9.17, 15) is 76.7 Å². The van der Waals surface area contributed by atoms with E-state index in [-0.39, 0.29) is 137 Å². The van der Waals surface area contributed by atoms with E-state index in [0.717, 1.165) is 48.5 Å². The monoisotopic (exact) mass is 1720 g/mol. The first-order valence-electron chi connectivity index (χ1n) is 33.2. The Labute approximate surface area is 690 Å². The standard InChI is InChI=1S/C19H19F3N4O3S.C19H17F3N4O3.C17H15F3N4O2.C14H12F3N3O.C4H9NO2.5CH4.H2S/c1-2-29-16(27)11-23-18(30)26-25-17(28)14-5-3-4-6-15(14)24-13-9-7-12(8-10-13)19(20,21)22;1-2-28-16(27)11-23-18-26-25-17(29-18)14-5-3-4-6-15(14)24-13-9-7-12(8-10-13)19(20,21)22;18-17(19,20)11-5-7-12(8-6-11)22-14-4-2-1-3-13(14)15-23-24-16(26-15)21-9-10-25;15-14(16,17)9-5-7-10(8-6-9)19-12-4-2-1-3-11(12)13(21)20-18;1-2-7-4(6)3-5;;;;;;/h3-10,24H,2,11H2,1H3,(H,25,28)(H2,23,26,30);3-10,24H,2,11H2,1H3,(H,23,26);1-8,22,25H,9-10H2,(H,21,24);1-8,19H,18H2,(H,20,21);2-3,5H2,1H3;5*1H4;1H2. The number of halogens is 12. The zero-order chi connectivity index (χ0) is 82.7. The van der Waals surface area contributed by atoms with Gasteiger partial charge in [0.1, 0.15) is 13.1 Å². The highest BCUT2D eigenvalue weighted by Gasteiger charge is 2.33. The molecule has 0 atom stereocenters. The lowest BCUT2D eigenvalue weighted by Crippen LogP contribution is -2.48. The largest absolute Gasteiger partial charge is 0.465 e. The minimum absolute atomic E-state index is 0. The Bertz CT molecular complexity index is 4700. The van der Waals surface area contributed by atoms with Crippen LogP contribution in [0.4, 0.5) is 110 Å². The molecule has 648 valence electrons. The molecular weight excluding hydrogens is 1630 g/mol. The highest BCUT2D eigenvalue weighted by atomic mass is 32.1. The van der Waals surface area contributed by atoms with Crippen LogP contribution in [0.25, 0.3) is 22.9 Å². The molecule has 15 N–H and O–H groups in total. The van der Waals surface area contributed by atoms with Crippen LogP contribution in [0, 0.1) is 0 Å². The Morgan fingerprint density at radius 1 is 0.420 bits per heavy atom. The third-order valence-corrected chi connectivity index (χ3v) is 14.4. The molecule has 0 aliphatic carbocycles. The molecule has 0 unspecified atom stereocenters. The molecule has 41 heteroatoms. The van der Waals surface area contributed by atoms with Crippen molar-refractivity contribution in [3.63, 3.8) is 0 Å². The van der Waals surface area contributed by atoms with Crippen LogP contribution < -0.4 is 65.1 Å². The number of amides is 2. The topological polar surface area (TPSA) is 383 Å². The second kappa shape index (κ2) is 52.1. The van der Waals surface area contributed by atoms with E-state index < -0.39 is 70.7 Å². The number of ether oxygens (including phenoxy) is 3. The highest BCUT2D eigenvalue weighted by Crippen LogP contribution is 2.37. The van der Waals surface area contributed by atoms with Crippen LogP contribution in [0.5, 0.6) is 0 Å². The molecule has 0 aliphatic rings. The summed E-state index contributed by atoms with van der Waals surface area (Å²) in [6, 6.07) is 45.5. The highest BCUT2D eigenvalue weighted by molar-refractivity contribution is 7.80. The first kappa shape index (κ1) is 106.